The number of anilines is 3. The zero-order valence-electron chi connectivity index (χ0n) is 29.2. The van der Waals surface area contributed by atoms with Gasteiger partial charge in [0.1, 0.15) is 0 Å². The smallest absolute Gasteiger partial charge is 0.0540 e. The minimum atomic E-state index is 1.10. The van der Waals surface area contributed by atoms with Gasteiger partial charge in [-0.1, -0.05) is 170 Å². The van der Waals surface area contributed by atoms with Gasteiger partial charge in [0.15, 0.2) is 0 Å². The molecule has 10 aromatic carbocycles. The highest BCUT2D eigenvalue weighted by Gasteiger charge is 2.18. The summed E-state index contributed by atoms with van der Waals surface area (Å²) in [5, 5.41) is 10.2. The maximum atomic E-state index is 2.40. The molecule has 0 radical (unpaired) electrons. The van der Waals surface area contributed by atoms with Gasteiger partial charge in [-0.2, -0.15) is 0 Å². The summed E-state index contributed by atoms with van der Waals surface area (Å²) in [6.45, 7) is 0. The van der Waals surface area contributed by atoms with Crippen molar-refractivity contribution in [3.8, 4) is 33.4 Å². The summed E-state index contributed by atoms with van der Waals surface area (Å²) in [5.41, 5.74) is 10.5. The molecular weight excluding hydrogens is 639 g/mol. The number of fused-ring (bicyclic) bond motifs is 7. The molecule has 0 amide bonds. The molecule has 248 valence electrons. The third-order valence-corrected chi connectivity index (χ3v) is 10.6. The van der Waals surface area contributed by atoms with E-state index in [4.69, 9.17) is 0 Å². The Bertz CT molecular complexity index is 2910. The third kappa shape index (κ3) is 5.51. The average Bonchev–Trinajstić information content (AvgIpc) is 3.24. The molecule has 1 nitrogen and oxygen atoms in total. The molecule has 0 heterocycles. The van der Waals surface area contributed by atoms with Crippen LogP contribution in [-0.4, -0.2) is 0 Å². The molecule has 0 aliphatic carbocycles. The normalized spacial score (nSPS) is 11.4. The lowest BCUT2D eigenvalue weighted by Crippen LogP contribution is -2.11. The number of hydrogen-bond donors (Lipinski definition) is 0. The van der Waals surface area contributed by atoms with Crippen LogP contribution < -0.4 is 4.90 Å². The number of benzene rings is 10. The lowest BCUT2D eigenvalue weighted by atomic mass is 9.92. The van der Waals surface area contributed by atoms with Crippen LogP contribution >= 0.6 is 0 Å². The summed E-state index contributed by atoms with van der Waals surface area (Å²) in [6.07, 6.45) is 0. The van der Waals surface area contributed by atoms with Gasteiger partial charge >= 0.3 is 0 Å². The van der Waals surface area contributed by atoms with Crippen LogP contribution in [0, 0.1) is 0 Å². The molecule has 0 spiro atoms. The number of rotatable bonds is 6. The molecule has 1 heteroatoms. The van der Waals surface area contributed by atoms with Crippen LogP contribution in [0.5, 0.6) is 0 Å². The van der Waals surface area contributed by atoms with Gasteiger partial charge in [-0.25, -0.2) is 0 Å². The molecule has 10 rings (SSSR count). The number of hydrogen-bond acceptors (Lipinski definition) is 1. The van der Waals surface area contributed by atoms with Crippen molar-refractivity contribution < 1.29 is 0 Å². The highest BCUT2D eigenvalue weighted by molar-refractivity contribution is 6.25. The largest absolute Gasteiger partial charge is 0.310 e. The standard InChI is InChI=1S/C52H35N/c1-2-14-38(15-3-1)45-19-10-11-24-52(45)53(44-18-12-17-40(34-44)41-26-25-36-13-4-5-16-39(36)33-41)43-30-27-37(28-31-43)42-29-32-50-48-22-7-6-20-46(48)47-21-8-9-23-49(47)51(50)35-42/h1-35H. The topological polar surface area (TPSA) is 3.24 Å². The van der Waals surface area contributed by atoms with Crippen LogP contribution in [0.2, 0.25) is 0 Å². The summed E-state index contributed by atoms with van der Waals surface area (Å²) in [6, 6.07) is 77.2. The van der Waals surface area contributed by atoms with E-state index < -0.39 is 0 Å². The predicted molar refractivity (Wildman–Crippen MR) is 227 cm³/mol. The van der Waals surface area contributed by atoms with Crippen molar-refractivity contribution >= 4 is 60.2 Å². The maximum absolute atomic E-state index is 2.40. The molecule has 0 aromatic heterocycles. The van der Waals surface area contributed by atoms with Crippen LogP contribution in [0.1, 0.15) is 0 Å². The van der Waals surface area contributed by atoms with E-state index in [1.165, 1.54) is 76.5 Å². The summed E-state index contributed by atoms with van der Waals surface area (Å²) in [4.78, 5) is 2.40. The molecule has 0 atom stereocenters. The fourth-order valence-electron chi connectivity index (χ4n) is 8.04. The van der Waals surface area contributed by atoms with E-state index in [2.05, 4.69) is 217 Å². The molecule has 10 aromatic rings. The first-order valence-electron chi connectivity index (χ1n) is 18.3. The van der Waals surface area contributed by atoms with Crippen LogP contribution in [0.15, 0.2) is 212 Å². The van der Waals surface area contributed by atoms with Crippen molar-refractivity contribution in [1.82, 2.24) is 0 Å². The van der Waals surface area contributed by atoms with Gasteiger partial charge in [0.05, 0.1) is 5.69 Å². The van der Waals surface area contributed by atoms with Crippen molar-refractivity contribution in [1.29, 1.82) is 0 Å². The van der Waals surface area contributed by atoms with Gasteiger partial charge in [0.2, 0.25) is 0 Å². The summed E-state index contributed by atoms with van der Waals surface area (Å²) >= 11 is 0. The first-order valence-corrected chi connectivity index (χ1v) is 18.3. The van der Waals surface area contributed by atoms with Gasteiger partial charge in [-0.05, 0) is 113 Å². The maximum Gasteiger partial charge on any atom is 0.0540 e. The van der Waals surface area contributed by atoms with Crippen LogP contribution in [0.4, 0.5) is 17.1 Å². The van der Waals surface area contributed by atoms with E-state index >= 15 is 0 Å². The van der Waals surface area contributed by atoms with Crippen LogP contribution in [0.25, 0.3) is 76.5 Å². The van der Waals surface area contributed by atoms with Crippen molar-refractivity contribution in [3.05, 3.63) is 212 Å². The lowest BCUT2D eigenvalue weighted by molar-refractivity contribution is 1.28. The minimum absolute atomic E-state index is 1.10. The second-order valence-corrected chi connectivity index (χ2v) is 13.7. The number of nitrogens with zero attached hydrogens (tertiary/aromatic N) is 1. The highest BCUT2D eigenvalue weighted by Crippen LogP contribution is 2.43. The molecule has 0 saturated carbocycles. The third-order valence-electron chi connectivity index (χ3n) is 10.6. The number of para-hydroxylation sites is 1. The Morgan fingerprint density at radius 2 is 0.774 bits per heavy atom. The molecule has 53 heavy (non-hydrogen) atoms. The Morgan fingerprint density at radius 1 is 0.245 bits per heavy atom. The second-order valence-electron chi connectivity index (χ2n) is 13.7. The van der Waals surface area contributed by atoms with Gasteiger partial charge in [-0.15, -0.1) is 0 Å². The van der Waals surface area contributed by atoms with E-state index in [0.717, 1.165) is 17.1 Å². The zero-order valence-corrected chi connectivity index (χ0v) is 29.2. The van der Waals surface area contributed by atoms with Gasteiger partial charge in [0.25, 0.3) is 0 Å². The minimum Gasteiger partial charge on any atom is -0.310 e. The molecule has 0 aliphatic rings. The van der Waals surface area contributed by atoms with Crippen molar-refractivity contribution in [2.24, 2.45) is 0 Å². The van der Waals surface area contributed by atoms with Crippen molar-refractivity contribution in [2.45, 2.75) is 0 Å². The van der Waals surface area contributed by atoms with Crippen molar-refractivity contribution in [3.63, 3.8) is 0 Å². The first-order chi connectivity index (χ1) is 26.3. The second kappa shape index (κ2) is 13.0. The molecule has 0 fully saturated rings. The molecule has 0 saturated heterocycles. The highest BCUT2D eigenvalue weighted by atomic mass is 15.1. The average molecular weight is 674 g/mol. The molecule has 0 unspecified atom stereocenters. The Morgan fingerprint density at radius 3 is 1.53 bits per heavy atom. The Balaban J connectivity index is 1.11. The van der Waals surface area contributed by atoms with Gasteiger partial charge < -0.3 is 4.90 Å². The fourth-order valence-corrected chi connectivity index (χ4v) is 8.04. The van der Waals surface area contributed by atoms with Gasteiger partial charge in [0, 0.05) is 16.9 Å². The summed E-state index contributed by atoms with van der Waals surface area (Å²) < 4.78 is 0. The Labute approximate surface area is 309 Å². The quantitative estimate of drug-likeness (QED) is 0.159. The van der Waals surface area contributed by atoms with E-state index in [0.29, 0.717) is 0 Å². The van der Waals surface area contributed by atoms with E-state index in [1.807, 2.05) is 0 Å². The van der Waals surface area contributed by atoms with E-state index in [-0.39, 0.29) is 0 Å². The fraction of sp³-hybridized carbons (Fsp3) is 0. The Kier molecular flexibility index (Phi) is 7.55. The molecule has 0 bridgehead atoms. The zero-order chi connectivity index (χ0) is 35.1. The van der Waals surface area contributed by atoms with E-state index in [1.54, 1.807) is 0 Å². The SMILES string of the molecule is c1ccc(-c2ccccc2N(c2ccc(-c3ccc4c5ccccc5c5ccccc5c4c3)cc2)c2cccc(-c3ccc4ccccc4c3)c2)cc1. The van der Waals surface area contributed by atoms with Gasteiger partial charge in [-0.3, -0.25) is 0 Å². The predicted octanol–water partition coefficient (Wildman–Crippen LogP) is 14.8. The summed E-state index contributed by atoms with van der Waals surface area (Å²) in [5.74, 6) is 0. The van der Waals surface area contributed by atoms with Crippen molar-refractivity contribution in [2.75, 3.05) is 4.90 Å². The Hall–Kier alpha value is -6.96. The van der Waals surface area contributed by atoms with E-state index in [9.17, 15) is 0 Å². The van der Waals surface area contributed by atoms with Crippen LogP contribution in [-0.2, 0) is 0 Å². The van der Waals surface area contributed by atoms with Crippen LogP contribution in [0.3, 0.4) is 0 Å². The molecule has 0 N–H and O–H groups in total. The summed E-state index contributed by atoms with van der Waals surface area (Å²) in [7, 11) is 0. The molecular formula is C52H35N. The molecule has 0 aliphatic heterocycles. The lowest BCUT2D eigenvalue weighted by Gasteiger charge is -2.28. The monoisotopic (exact) mass is 673 g/mol. The first kappa shape index (κ1) is 30.8.